The van der Waals surface area contributed by atoms with Crippen LogP contribution in [0.15, 0.2) is 48.8 Å². The van der Waals surface area contributed by atoms with Crippen molar-refractivity contribution in [1.82, 2.24) is 15.2 Å². The molecule has 3 rings (SSSR count). The van der Waals surface area contributed by atoms with Gasteiger partial charge in [-0.3, -0.25) is 9.78 Å². The Morgan fingerprint density at radius 3 is 2.44 bits per heavy atom. The Kier molecular flexibility index (Phi) is 6.18. The van der Waals surface area contributed by atoms with Crippen molar-refractivity contribution in [3.63, 3.8) is 0 Å². The molecule has 1 amide bonds. The number of nitrogens with zero attached hydrogens (tertiary/aromatic N) is 2. The Bertz CT molecular complexity index is 661. The molecule has 2 heterocycles. The van der Waals surface area contributed by atoms with Crippen LogP contribution in [0.2, 0.25) is 0 Å². The highest BCUT2D eigenvalue weighted by molar-refractivity contribution is 5.78. The van der Waals surface area contributed by atoms with Gasteiger partial charge in [0.2, 0.25) is 5.91 Å². The summed E-state index contributed by atoms with van der Waals surface area (Å²) in [4.78, 5) is 18.8. The molecular weight excluding hydrogens is 310 g/mol. The SMILES string of the molecule is Cc1ccc(CC(=O)NC2CCN(CCc3ccncc3)CC2)cc1. The second-order valence-corrected chi connectivity index (χ2v) is 6.95. The molecule has 2 aromatic rings. The van der Waals surface area contributed by atoms with Crippen molar-refractivity contribution in [1.29, 1.82) is 0 Å². The normalized spacial score (nSPS) is 15.9. The fourth-order valence-electron chi connectivity index (χ4n) is 3.31. The summed E-state index contributed by atoms with van der Waals surface area (Å²) in [5, 5.41) is 3.20. The number of aryl methyl sites for hydroxylation is 1. The molecule has 1 aliphatic rings. The largest absolute Gasteiger partial charge is 0.353 e. The van der Waals surface area contributed by atoms with Gasteiger partial charge in [0, 0.05) is 38.1 Å². The first-order chi connectivity index (χ1) is 12.2. The summed E-state index contributed by atoms with van der Waals surface area (Å²) < 4.78 is 0. The fourth-order valence-corrected chi connectivity index (χ4v) is 3.31. The Morgan fingerprint density at radius 2 is 1.76 bits per heavy atom. The van der Waals surface area contributed by atoms with Crippen molar-refractivity contribution < 1.29 is 4.79 Å². The Balaban J connectivity index is 1.37. The molecule has 4 nitrogen and oxygen atoms in total. The summed E-state index contributed by atoms with van der Waals surface area (Å²) in [5.74, 6) is 0.138. The quantitative estimate of drug-likeness (QED) is 0.881. The molecule has 132 valence electrons. The standard InChI is InChI=1S/C21H27N3O/c1-17-2-4-19(5-3-17)16-21(25)23-20-9-14-24(15-10-20)13-8-18-6-11-22-12-7-18/h2-7,11-12,20H,8-10,13-16H2,1H3,(H,23,25). The number of pyridine rings is 1. The molecule has 1 N–H and O–H groups in total. The van der Waals surface area contributed by atoms with Gasteiger partial charge in [0.15, 0.2) is 0 Å². The lowest BCUT2D eigenvalue weighted by Crippen LogP contribution is -2.45. The number of aromatic nitrogens is 1. The van der Waals surface area contributed by atoms with Gasteiger partial charge in [0.1, 0.15) is 0 Å². The maximum Gasteiger partial charge on any atom is 0.224 e. The first kappa shape index (κ1) is 17.6. The minimum absolute atomic E-state index is 0.138. The van der Waals surface area contributed by atoms with Crippen LogP contribution in [0.5, 0.6) is 0 Å². The van der Waals surface area contributed by atoms with E-state index in [1.54, 1.807) is 0 Å². The van der Waals surface area contributed by atoms with Crippen LogP contribution in [0.3, 0.4) is 0 Å². The van der Waals surface area contributed by atoms with Gasteiger partial charge < -0.3 is 10.2 Å². The summed E-state index contributed by atoms with van der Waals surface area (Å²) in [6.07, 6.45) is 7.32. The summed E-state index contributed by atoms with van der Waals surface area (Å²) >= 11 is 0. The topological polar surface area (TPSA) is 45.2 Å². The predicted octanol–water partition coefficient (Wildman–Crippen LogP) is 2.76. The van der Waals surface area contributed by atoms with E-state index >= 15 is 0 Å². The van der Waals surface area contributed by atoms with Crippen molar-refractivity contribution in [2.45, 2.75) is 38.6 Å². The molecule has 0 bridgehead atoms. The molecule has 0 radical (unpaired) electrons. The lowest BCUT2D eigenvalue weighted by atomic mass is 10.0. The molecule has 0 unspecified atom stereocenters. The zero-order valence-corrected chi connectivity index (χ0v) is 14.9. The first-order valence-electron chi connectivity index (χ1n) is 9.15. The highest BCUT2D eigenvalue weighted by Gasteiger charge is 2.20. The fraction of sp³-hybridized carbons (Fsp3) is 0.429. The van der Waals surface area contributed by atoms with Crippen LogP contribution in [0.1, 0.15) is 29.5 Å². The number of hydrogen-bond donors (Lipinski definition) is 1. The molecular formula is C21H27N3O. The number of piperidine rings is 1. The summed E-state index contributed by atoms with van der Waals surface area (Å²) in [7, 11) is 0. The van der Waals surface area contributed by atoms with E-state index in [4.69, 9.17) is 0 Å². The van der Waals surface area contributed by atoms with Gasteiger partial charge in [0.05, 0.1) is 6.42 Å². The number of benzene rings is 1. The van der Waals surface area contributed by atoms with Crippen molar-refractivity contribution in [3.05, 3.63) is 65.5 Å². The van der Waals surface area contributed by atoms with Crippen LogP contribution in [-0.4, -0.2) is 41.5 Å². The van der Waals surface area contributed by atoms with Gasteiger partial charge in [-0.25, -0.2) is 0 Å². The highest BCUT2D eigenvalue weighted by atomic mass is 16.1. The lowest BCUT2D eigenvalue weighted by molar-refractivity contribution is -0.121. The van der Waals surface area contributed by atoms with Crippen LogP contribution in [0.4, 0.5) is 0 Å². The molecule has 1 aromatic carbocycles. The number of likely N-dealkylation sites (tertiary alicyclic amines) is 1. The Hall–Kier alpha value is -2.20. The zero-order valence-electron chi connectivity index (χ0n) is 14.9. The van der Waals surface area contributed by atoms with Gasteiger partial charge >= 0.3 is 0 Å². The van der Waals surface area contributed by atoms with E-state index in [-0.39, 0.29) is 5.91 Å². The number of amides is 1. The van der Waals surface area contributed by atoms with E-state index in [0.29, 0.717) is 12.5 Å². The van der Waals surface area contributed by atoms with Crippen LogP contribution in [0, 0.1) is 6.92 Å². The molecule has 0 aliphatic carbocycles. The maximum atomic E-state index is 12.2. The minimum Gasteiger partial charge on any atom is -0.353 e. The van der Waals surface area contributed by atoms with Crippen molar-refractivity contribution >= 4 is 5.91 Å². The monoisotopic (exact) mass is 337 g/mol. The third kappa shape index (κ3) is 5.68. The van der Waals surface area contributed by atoms with Gasteiger partial charge in [-0.05, 0) is 49.4 Å². The molecule has 4 heteroatoms. The maximum absolute atomic E-state index is 12.2. The van der Waals surface area contributed by atoms with E-state index in [2.05, 4.69) is 46.4 Å². The summed E-state index contributed by atoms with van der Waals surface area (Å²) in [6.45, 7) is 5.25. The lowest BCUT2D eigenvalue weighted by Gasteiger charge is -2.32. The number of nitrogens with one attached hydrogen (secondary N) is 1. The molecule has 0 atom stereocenters. The second kappa shape index (κ2) is 8.77. The van der Waals surface area contributed by atoms with Crippen molar-refractivity contribution in [2.24, 2.45) is 0 Å². The van der Waals surface area contributed by atoms with Gasteiger partial charge in [-0.1, -0.05) is 29.8 Å². The summed E-state index contributed by atoms with van der Waals surface area (Å²) in [6, 6.07) is 12.7. The first-order valence-corrected chi connectivity index (χ1v) is 9.15. The molecule has 1 aliphatic heterocycles. The average Bonchev–Trinajstić information content (AvgIpc) is 2.64. The third-order valence-electron chi connectivity index (χ3n) is 4.90. The molecule has 0 saturated carbocycles. The summed E-state index contributed by atoms with van der Waals surface area (Å²) in [5.41, 5.74) is 3.64. The molecule has 25 heavy (non-hydrogen) atoms. The number of carbonyl (C=O) groups excluding carboxylic acids is 1. The molecule has 1 saturated heterocycles. The van der Waals surface area contributed by atoms with E-state index in [1.165, 1.54) is 11.1 Å². The Labute approximate surface area is 150 Å². The Morgan fingerprint density at radius 1 is 1.08 bits per heavy atom. The van der Waals surface area contributed by atoms with Crippen molar-refractivity contribution in [2.75, 3.05) is 19.6 Å². The van der Waals surface area contributed by atoms with Gasteiger partial charge in [0.25, 0.3) is 0 Å². The van der Waals surface area contributed by atoms with Crippen LogP contribution in [-0.2, 0) is 17.6 Å². The van der Waals surface area contributed by atoms with E-state index < -0.39 is 0 Å². The smallest absolute Gasteiger partial charge is 0.224 e. The van der Waals surface area contributed by atoms with E-state index in [1.807, 2.05) is 24.5 Å². The van der Waals surface area contributed by atoms with E-state index in [0.717, 1.165) is 44.5 Å². The van der Waals surface area contributed by atoms with Crippen molar-refractivity contribution in [3.8, 4) is 0 Å². The van der Waals surface area contributed by atoms with Crippen LogP contribution in [0.25, 0.3) is 0 Å². The minimum atomic E-state index is 0.138. The number of rotatable bonds is 6. The zero-order chi connectivity index (χ0) is 17.5. The number of carbonyl (C=O) groups is 1. The van der Waals surface area contributed by atoms with Crippen LogP contribution >= 0.6 is 0 Å². The molecule has 1 aromatic heterocycles. The molecule has 1 fully saturated rings. The average molecular weight is 337 g/mol. The predicted molar refractivity (Wildman–Crippen MR) is 100 cm³/mol. The molecule has 0 spiro atoms. The van der Waals surface area contributed by atoms with Gasteiger partial charge in [-0.15, -0.1) is 0 Å². The number of hydrogen-bond acceptors (Lipinski definition) is 3. The van der Waals surface area contributed by atoms with Gasteiger partial charge in [-0.2, -0.15) is 0 Å². The van der Waals surface area contributed by atoms with E-state index in [9.17, 15) is 4.79 Å². The third-order valence-corrected chi connectivity index (χ3v) is 4.90. The second-order valence-electron chi connectivity index (χ2n) is 6.95. The highest BCUT2D eigenvalue weighted by Crippen LogP contribution is 2.12. The van der Waals surface area contributed by atoms with Crippen LogP contribution < -0.4 is 5.32 Å².